The van der Waals surface area contributed by atoms with Crippen LogP contribution in [-0.4, -0.2) is 14.5 Å². The van der Waals surface area contributed by atoms with Crippen molar-refractivity contribution in [1.29, 1.82) is 0 Å². The SMILES string of the molecule is Cn1cc(C(F)(F)F)nc1-c1ccc(CBr)cn1. The molecule has 0 amide bonds. The van der Waals surface area contributed by atoms with Gasteiger partial charge in [0.2, 0.25) is 0 Å². The lowest BCUT2D eigenvalue weighted by atomic mass is 10.2. The van der Waals surface area contributed by atoms with Gasteiger partial charge in [-0.1, -0.05) is 22.0 Å². The molecular weight excluding hydrogens is 311 g/mol. The standard InChI is InChI=1S/C11H9BrF3N3/c1-18-6-9(11(13,14)15)17-10(18)8-3-2-7(4-12)5-16-8/h2-3,5-6H,4H2,1H3. The van der Waals surface area contributed by atoms with Crippen molar-refractivity contribution in [1.82, 2.24) is 14.5 Å². The smallest absolute Gasteiger partial charge is 0.332 e. The van der Waals surface area contributed by atoms with Gasteiger partial charge in [0.1, 0.15) is 5.69 Å². The van der Waals surface area contributed by atoms with E-state index in [9.17, 15) is 13.2 Å². The van der Waals surface area contributed by atoms with Gasteiger partial charge in [0, 0.05) is 24.8 Å². The molecule has 0 aliphatic carbocycles. The van der Waals surface area contributed by atoms with Crippen LogP contribution in [0.1, 0.15) is 11.3 Å². The third kappa shape index (κ3) is 2.55. The molecule has 0 saturated carbocycles. The minimum absolute atomic E-state index is 0.198. The lowest BCUT2D eigenvalue weighted by molar-refractivity contribution is -0.140. The Labute approximate surface area is 110 Å². The molecule has 0 aliphatic rings. The molecular formula is C11H9BrF3N3. The van der Waals surface area contributed by atoms with Crippen molar-refractivity contribution in [3.63, 3.8) is 0 Å². The Kier molecular flexibility index (Phi) is 3.43. The van der Waals surface area contributed by atoms with Crippen molar-refractivity contribution < 1.29 is 13.2 Å². The van der Waals surface area contributed by atoms with Crippen LogP contribution in [0.5, 0.6) is 0 Å². The Balaban J connectivity index is 2.41. The zero-order valence-electron chi connectivity index (χ0n) is 9.37. The zero-order chi connectivity index (χ0) is 13.3. The second-order valence-corrected chi connectivity index (χ2v) is 4.30. The number of hydrogen-bond donors (Lipinski definition) is 0. The first-order valence-corrected chi connectivity index (χ1v) is 6.16. The van der Waals surface area contributed by atoms with Crippen LogP contribution in [0.2, 0.25) is 0 Å². The number of rotatable bonds is 2. The summed E-state index contributed by atoms with van der Waals surface area (Å²) in [6, 6.07) is 3.44. The van der Waals surface area contributed by atoms with Crippen LogP contribution in [0.25, 0.3) is 11.5 Å². The van der Waals surface area contributed by atoms with Gasteiger partial charge in [-0.3, -0.25) is 4.98 Å². The van der Waals surface area contributed by atoms with E-state index in [0.717, 1.165) is 11.8 Å². The minimum Gasteiger partial charge on any atom is -0.332 e. The molecule has 18 heavy (non-hydrogen) atoms. The quantitative estimate of drug-likeness (QED) is 0.794. The van der Waals surface area contributed by atoms with Crippen molar-refractivity contribution in [2.75, 3.05) is 0 Å². The normalized spacial score (nSPS) is 11.8. The monoisotopic (exact) mass is 319 g/mol. The Morgan fingerprint density at radius 2 is 2.06 bits per heavy atom. The molecule has 0 radical (unpaired) electrons. The topological polar surface area (TPSA) is 30.7 Å². The van der Waals surface area contributed by atoms with Gasteiger partial charge < -0.3 is 4.57 Å². The summed E-state index contributed by atoms with van der Waals surface area (Å²) in [5, 5.41) is 0.647. The fraction of sp³-hybridized carbons (Fsp3) is 0.273. The first-order chi connectivity index (χ1) is 8.41. The third-order valence-corrected chi connectivity index (χ3v) is 3.02. The Morgan fingerprint density at radius 3 is 2.50 bits per heavy atom. The molecule has 0 aromatic carbocycles. The van der Waals surface area contributed by atoms with Crippen LogP contribution in [-0.2, 0) is 18.6 Å². The fourth-order valence-corrected chi connectivity index (χ4v) is 1.81. The number of pyridine rings is 1. The van der Waals surface area contributed by atoms with Gasteiger partial charge in [-0.25, -0.2) is 4.98 Å². The third-order valence-electron chi connectivity index (χ3n) is 2.37. The average molecular weight is 320 g/mol. The number of hydrogen-bond acceptors (Lipinski definition) is 2. The summed E-state index contributed by atoms with van der Waals surface area (Å²) in [6.45, 7) is 0. The highest BCUT2D eigenvalue weighted by molar-refractivity contribution is 9.08. The number of aryl methyl sites for hydroxylation is 1. The molecule has 0 spiro atoms. The van der Waals surface area contributed by atoms with Gasteiger partial charge in [0.05, 0.1) is 0 Å². The van der Waals surface area contributed by atoms with E-state index in [1.54, 1.807) is 18.3 Å². The molecule has 0 bridgehead atoms. The Hall–Kier alpha value is -1.37. The van der Waals surface area contributed by atoms with Crippen molar-refractivity contribution in [3.8, 4) is 11.5 Å². The summed E-state index contributed by atoms with van der Waals surface area (Å²) < 4.78 is 38.9. The van der Waals surface area contributed by atoms with E-state index in [4.69, 9.17) is 0 Å². The summed E-state index contributed by atoms with van der Waals surface area (Å²) in [7, 11) is 1.51. The van der Waals surface area contributed by atoms with Gasteiger partial charge in [-0.2, -0.15) is 13.2 Å². The van der Waals surface area contributed by atoms with Crippen LogP contribution >= 0.6 is 15.9 Å². The molecule has 2 rings (SSSR count). The molecule has 2 heterocycles. The largest absolute Gasteiger partial charge is 0.434 e. The lowest BCUT2D eigenvalue weighted by Gasteiger charge is -2.01. The molecule has 0 unspecified atom stereocenters. The zero-order valence-corrected chi connectivity index (χ0v) is 11.0. The second-order valence-electron chi connectivity index (χ2n) is 3.74. The summed E-state index contributed by atoms with van der Waals surface area (Å²) in [5.74, 6) is 0.198. The maximum absolute atomic E-state index is 12.5. The minimum atomic E-state index is -4.44. The number of nitrogens with zero attached hydrogens (tertiary/aromatic N) is 3. The molecule has 0 saturated heterocycles. The molecule has 0 N–H and O–H groups in total. The molecule has 2 aromatic rings. The summed E-state index contributed by atoms with van der Waals surface area (Å²) in [5.41, 5.74) is 0.452. The predicted molar refractivity (Wildman–Crippen MR) is 64.1 cm³/mol. The fourth-order valence-electron chi connectivity index (χ4n) is 1.48. The van der Waals surface area contributed by atoms with Crippen molar-refractivity contribution in [2.45, 2.75) is 11.5 Å². The molecule has 7 heteroatoms. The van der Waals surface area contributed by atoms with Gasteiger partial charge >= 0.3 is 6.18 Å². The second kappa shape index (κ2) is 4.72. The highest BCUT2D eigenvalue weighted by Gasteiger charge is 2.34. The van der Waals surface area contributed by atoms with Crippen LogP contribution in [0, 0.1) is 0 Å². The highest BCUT2D eigenvalue weighted by Crippen LogP contribution is 2.30. The van der Waals surface area contributed by atoms with E-state index in [1.807, 2.05) is 0 Å². The summed E-state index contributed by atoms with van der Waals surface area (Å²) >= 11 is 3.27. The predicted octanol–water partition coefficient (Wildman–Crippen LogP) is 3.40. The maximum Gasteiger partial charge on any atom is 0.434 e. The van der Waals surface area contributed by atoms with E-state index in [1.165, 1.54) is 11.6 Å². The first kappa shape index (κ1) is 13.1. The molecule has 3 nitrogen and oxygen atoms in total. The molecule has 0 aliphatic heterocycles. The molecule has 96 valence electrons. The van der Waals surface area contributed by atoms with E-state index >= 15 is 0 Å². The van der Waals surface area contributed by atoms with E-state index < -0.39 is 11.9 Å². The number of imidazole rings is 1. The van der Waals surface area contributed by atoms with E-state index in [2.05, 4.69) is 25.9 Å². The van der Waals surface area contributed by atoms with Crippen LogP contribution in [0.3, 0.4) is 0 Å². The first-order valence-electron chi connectivity index (χ1n) is 5.03. The van der Waals surface area contributed by atoms with Gasteiger partial charge in [0.25, 0.3) is 0 Å². The average Bonchev–Trinajstić information content (AvgIpc) is 2.71. The van der Waals surface area contributed by atoms with Gasteiger partial charge in [-0.05, 0) is 11.6 Å². The van der Waals surface area contributed by atoms with Crippen molar-refractivity contribution in [2.24, 2.45) is 7.05 Å². The number of halogens is 4. The van der Waals surface area contributed by atoms with Crippen molar-refractivity contribution in [3.05, 3.63) is 35.8 Å². The Morgan fingerprint density at radius 1 is 1.33 bits per heavy atom. The lowest BCUT2D eigenvalue weighted by Crippen LogP contribution is -2.04. The maximum atomic E-state index is 12.5. The Bertz CT molecular complexity index is 546. The van der Waals surface area contributed by atoms with E-state index in [-0.39, 0.29) is 5.82 Å². The van der Waals surface area contributed by atoms with E-state index in [0.29, 0.717) is 11.0 Å². The summed E-state index contributed by atoms with van der Waals surface area (Å²) in [6.07, 6.45) is -1.88. The molecule has 2 aromatic heterocycles. The van der Waals surface area contributed by atoms with Gasteiger partial charge in [0.15, 0.2) is 11.5 Å². The molecule has 0 fully saturated rings. The number of aromatic nitrogens is 3. The van der Waals surface area contributed by atoms with Crippen LogP contribution in [0.4, 0.5) is 13.2 Å². The summed E-state index contributed by atoms with van der Waals surface area (Å²) in [4.78, 5) is 7.67. The van der Waals surface area contributed by atoms with Crippen LogP contribution in [0.15, 0.2) is 24.5 Å². The van der Waals surface area contributed by atoms with Gasteiger partial charge in [-0.15, -0.1) is 0 Å². The van der Waals surface area contributed by atoms with Crippen molar-refractivity contribution >= 4 is 15.9 Å². The number of alkyl halides is 4. The van der Waals surface area contributed by atoms with Crippen LogP contribution < -0.4 is 0 Å². The highest BCUT2D eigenvalue weighted by atomic mass is 79.9. The molecule has 0 atom stereocenters.